The van der Waals surface area contributed by atoms with Gasteiger partial charge in [0.05, 0.1) is 13.2 Å². The Morgan fingerprint density at radius 2 is 1.83 bits per heavy atom. The Bertz CT molecular complexity index is 797. The van der Waals surface area contributed by atoms with Crippen molar-refractivity contribution >= 4 is 11.7 Å². The van der Waals surface area contributed by atoms with E-state index in [0.29, 0.717) is 12.3 Å². The number of fused-ring (bicyclic) bond motifs is 1. The monoisotopic (exact) mass is 490 g/mol. The van der Waals surface area contributed by atoms with Crippen LogP contribution in [0.15, 0.2) is 24.3 Å². The number of methoxy groups -OCH3 is 1. The molecule has 1 aliphatic carbocycles. The zero-order valence-electron chi connectivity index (χ0n) is 21.4. The molecule has 2 amide bonds. The van der Waals surface area contributed by atoms with E-state index >= 15 is 0 Å². The number of rotatable bonds is 11. The minimum atomic E-state index is -0.538. The number of carbonyl (C=O) groups excluding carboxylic acids is 1. The number of urea groups is 1. The van der Waals surface area contributed by atoms with Crippen molar-refractivity contribution in [1.82, 2.24) is 5.32 Å². The lowest BCUT2D eigenvalue weighted by Crippen LogP contribution is -2.50. The minimum Gasteiger partial charge on any atom is -0.497 e. The summed E-state index contributed by atoms with van der Waals surface area (Å²) >= 11 is 0. The van der Waals surface area contributed by atoms with Crippen LogP contribution in [0.5, 0.6) is 5.75 Å². The van der Waals surface area contributed by atoms with Crippen molar-refractivity contribution in [2.45, 2.75) is 114 Å². The second-order valence-electron chi connectivity index (χ2n) is 10.0. The maximum absolute atomic E-state index is 12.7. The molecule has 1 aromatic rings. The number of anilines is 1. The fourth-order valence-electron chi connectivity index (χ4n) is 5.33. The maximum Gasteiger partial charge on any atom is 0.319 e. The average Bonchev–Trinajstić information content (AvgIpc) is 3.36. The molecule has 2 N–H and O–H groups in total. The normalized spacial score (nSPS) is 28.0. The third kappa shape index (κ3) is 6.67. The lowest BCUT2D eigenvalue weighted by Gasteiger charge is -2.35. The lowest BCUT2D eigenvalue weighted by atomic mass is 9.94. The van der Waals surface area contributed by atoms with Gasteiger partial charge < -0.3 is 34.3 Å². The minimum absolute atomic E-state index is 0.275. The van der Waals surface area contributed by atoms with E-state index < -0.39 is 12.1 Å². The molecule has 1 spiro atoms. The zero-order valence-corrected chi connectivity index (χ0v) is 21.4. The van der Waals surface area contributed by atoms with Crippen LogP contribution < -0.4 is 15.4 Å². The van der Waals surface area contributed by atoms with Gasteiger partial charge in [0.2, 0.25) is 0 Å². The second-order valence-corrected chi connectivity index (χ2v) is 10.0. The van der Waals surface area contributed by atoms with Crippen molar-refractivity contribution in [3.63, 3.8) is 0 Å². The van der Waals surface area contributed by atoms with Crippen LogP contribution in [0.4, 0.5) is 10.5 Å². The average molecular weight is 491 g/mol. The molecule has 8 heteroatoms. The lowest BCUT2D eigenvalue weighted by molar-refractivity contribution is -0.250. The first-order valence-electron chi connectivity index (χ1n) is 13.4. The topological polar surface area (TPSA) is 87.3 Å². The first-order chi connectivity index (χ1) is 17.0. The molecule has 1 aromatic carbocycles. The van der Waals surface area contributed by atoms with E-state index in [1.54, 1.807) is 31.4 Å². The molecule has 0 bridgehead atoms. The molecule has 196 valence electrons. The predicted octanol–water partition coefficient (Wildman–Crippen LogP) is 5.36. The fraction of sp³-hybridized carbons (Fsp3) is 0.741. The van der Waals surface area contributed by atoms with E-state index in [9.17, 15) is 4.79 Å². The summed E-state index contributed by atoms with van der Waals surface area (Å²) in [6.07, 6.45) is 9.70. The number of carbonyl (C=O) groups is 1. The van der Waals surface area contributed by atoms with Gasteiger partial charge in [-0.1, -0.05) is 39.0 Å². The molecule has 2 aliphatic heterocycles. The van der Waals surface area contributed by atoms with Gasteiger partial charge in [-0.2, -0.15) is 0 Å². The number of unbranched alkanes of at least 4 members (excludes halogenated alkanes) is 4. The van der Waals surface area contributed by atoms with E-state index in [1.165, 1.54) is 25.7 Å². The van der Waals surface area contributed by atoms with E-state index in [0.717, 1.165) is 44.3 Å². The summed E-state index contributed by atoms with van der Waals surface area (Å²) in [7, 11) is 1.61. The standard InChI is InChI=1S/C27H42N2O6/c1-4-5-6-7-11-18-32-23-22(33-25-24(23)34-27(35-25)16-9-8-10-17-27)19(2)28-26(30)29-20-12-14-21(31-3)15-13-20/h12-15,19,22-25H,4-11,16-18H2,1-3H3,(H2,28,29,30)/t19-,22+,23-,24+,25+/m0/s1. The second kappa shape index (κ2) is 12.4. The Morgan fingerprint density at radius 1 is 1.09 bits per heavy atom. The molecule has 1 saturated carbocycles. The Labute approximate surface area is 209 Å². The molecule has 8 nitrogen and oxygen atoms in total. The van der Waals surface area contributed by atoms with Gasteiger partial charge in [0.25, 0.3) is 0 Å². The predicted molar refractivity (Wildman–Crippen MR) is 134 cm³/mol. The number of ether oxygens (including phenoxy) is 5. The third-order valence-corrected chi connectivity index (χ3v) is 7.26. The van der Waals surface area contributed by atoms with Crippen molar-refractivity contribution in [2.75, 3.05) is 19.0 Å². The molecular formula is C27H42N2O6. The van der Waals surface area contributed by atoms with E-state index in [4.69, 9.17) is 23.7 Å². The number of amides is 2. The van der Waals surface area contributed by atoms with Gasteiger partial charge in [-0.3, -0.25) is 0 Å². The SMILES string of the molecule is CCCCCCCO[C@@H]1[C@H]2OC3(CCCCC3)O[C@H]2O[C@@H]1[C@H](C)NC(=O)Nc1ccc(OC)cc1. The summed E-state index contributed by atoms with van der Waals surface area (Å²) in [5.74, 6) is 0.199. The van der Waals surface area contributed by atoms with E-state index in [2.05, 4.69) is 17.6 Å². The molecule has 3 aliphatic rings. The smallest absolute Gasteiger partial charge is 0.319 e. The van der Waals surface area contributed by atoms with Gasteiger partial charge in [0, 0.05) is 25.1 Å². The number of nitrogens with one attached hydrogen (secondary N) is 2. The molecule has 2 heterocycles. The van der Waals surface area contributed by atoms with Crippen LogP contribution in [0.3, 0.4) is 0 Å². The maximum atomic E-state index is 12.7. The summed E-state index contributed by atoms with van der Waals surface area (Å²) in [6.45, 7) is 4.81. The van der Waals surface area contributed by atoms with Crippen LogP contribution in [0, 0.1) is 0 Å². The summed E-state index contributed by atoms with van der Waals surface area (Å²) in [6, 6.07) is 6.62. The molecule has 0 unspecified atom stereocenters. The van der Waals surface area contributed by atoms with Crippen molar-refractivity contribution in [2.24, 2.45) is 0 Å². The molecule has 35 heavy (non-hydrogen) atoms. The molecular weight excluding hydrogens is 448 g/mol. The van der Waals surface area contributed by atoms with Crippen LogP contribution in [-0.2, 0) is 18.9 Å². The highest BCUT2D eigenvalue weighted by Gasteiger charge is 2.59. The van der Waals surface area contributed by atoms with Crippen LogP contribution in [0.25, 0.3) is 0 Å². The first kappa shape index (κ1) is 26.2. The van der Waals surface area contributed by atoms with Gasteiger partial charge in [-0.25, -0.2) is 4.79 Å². The van der Waals surface area contributed by atoms with Crippen LogP contribution in [0.2, 0.25) is 0 Å². The Hall–Kier alpha value is -1.87. The third-order valence-electron chi connectivity index (χ3n) is 7.26. The summed E-state index contributed by atoms with van der Waals surface area (Å²) in [5.41, 5.74) is 0.686. The summed E-state index contributed by atoms with van der Waals surface area (Å²) < 4.78 is 30.7. The Balaban J connectivity index is 1.35. The number of hydrogen-bond donors (Lipinski definition) is 2. The highest BCUT2D eigenvalue weighted by molar-refractivity contribution is 5.89. The van der Waals surface area contributed by atoms with E-state index in [1.807, 2.05) is 6.92 Å². The molecule has 2 saturated heterocycles. The van der Waals surface area contributed by atoms with Gasteiger partial charge in [0.15, 0.2) is 12.1 Å². The van der Waals surface area contributed by atoms with Crippen LogP contribution >= 0.6 is 0 Å². The van der Waals surface area contributed by atoms with Crippen LogP contribution in [0.1, 0.15) is 78.1 Å². The zero-order chi connectivity index (χ0) is 24.7. The summed E-state index contributed by atoms with van der Waals surface area (Å²) in [4.78, 5) is 12.7. The van der Waals surface area contributed by atoms with Crippen LogP contribution in [-0.4, -0.2) is 56.2 Å². The first-order valence-corrected chi connectivity index (χ1v) is 13.4. The number of hydrogen-bond acceptors (Lipinski definition) is 6. The quantitative estimate of drug-likeness (QED) is 0.406. The van der Waals surface area contributed by atoms with Crippen molar-refractivity contribution in [3.8, 4) is 5.75 Å². The molecule has 0 aromatic heterocycles. The Kier molecular flexibility index (Phi) is 9.27. The van der Waals surface area contributed by atoms with Gasteiger partial charge in [0.1, 0.15) is 24.1 Å². The van der Waals surface area contributed by atoms with Crippen molar-refractivity contribution in [1.29, 1.82) is 0 Å². The number of benzene rings is 1. The fourth-order valence-corrected chi connectivity index (χ4v) is 5.33. The van der Waals surface area contributed by atoms with Gasteiger partial charge >= 0.3 is 6.03 Å². The van der Waals surface area contributed by atoms with Gasteiger partial charge in [-0.15, -0.1) is 0 Å². The molecule has 4 rings (SSSR count). The molecule has 3 fully saturated rings. The highest BCUT2D eigenvalue weighted by atomic mass is 16.8. The molecule has 5 atom stereocenters. The highest BCUT2D eigenvalue weighted by Crippen LogP contribution is 2.46. The van der Waals surface area contributed by atoms with Crippen molar-refractivity contribution < 1.29 is 28.5 Å². The van der Waals surface area contributed by atoms with Crippen molar-refractivity contribution in [3.05, 3.63) is 24.3 Å². The molecule has 0 radical (unpaired) electrons. The van der Waals surface area contributed by atoms with E-state index in [-0.39, 0.29) is 30.4 Å². The van der Waals surface area contributed by atoms with Gasteiger partial charge in [-0.05, 0) is 50.5 Å². The Morgan fingerprint density at radius 3 is 2.54 bits per heavy atom. The summed E-state index contributed by atoms with van der Waals surface area (Å²) in [5, 5.41) is 5.88. The largest absolute Gasteiger partial charge is 0.497 e.